The van der Waals surface area contributed by atoms with Crippen LogP contribution in [0.1, 0.15) is 78.2 Å². The van der Waals surface area contributed by atoms with E-state index in [9.17, 15) is 14.4 Å². The molecule has 1 spiro atoms. The molecule has 9 heteroatoms. The Labute approximate surface area is 217 Å². The summed E-state index contributed by atoms with van der Waals surface area (Å²) in [6.07, 6.45) is 0.375. The summed E-state index contributed by atoms with van der Waals surface area (Å²) < 4.78 is 25.1. The zero-order valence-corrected chi connectivity index (χ0v) is 22.4. The molecule has 1 aromatic carbocycles. The van der Waals surface area contributed by atoms with Gasteiger partial charge in [0.15, 0.2) is 17.8 Å². The van der Waals surface area contributed by atoms with Crippen LogP contribution in [0.2, 0.25) is 0 Å². The van der Waals surface area contributed by atoms with E-state index in [1.165, 1.54) is 28.0 Å². The van der Waals surface area contributed by atoms with Crippen molar-refractivity contribution >= 4 is 12.2 Å². The van der Waals surface area contributed by atoms with E-state index in [0.717, 1.165) is 12.0 Å². The number of rotatable bonds is 4. The van der Waals surface area contributed by atoms with Crippen LogP contribution in [-0.4, -0.2) is 34.4 Å². The fraction of sp³-hybridized carbons (Fsp3) is 0.536. The molecular weight excluding hydrogens is 476 g/mol. The van der Waals surface area contributed by atoms with E-state index >= 15 is 0 Å². The Kier molecular flexibility index (Phi) is 7.12. The van der Waals surface area contributed by atoms with Crippen LogP contribution in [0, 0.1) is 5.41 Å². The average Bonchev–Trinajstić information content (AvgIpc) is 2.74. The van der Waals surface area contributed by atoms with Crippen molar-refractivity contribution in [1.29, 1.82) is 0 Å². The van der Waals surface area contributed by atoms with Gasteiger partial charge in [-0.1, -0.05) is 36.8 Å². The van der Waals surface area contributed by atoms with Gasteiger partial charge in [-0.3, -0.25) is 9.47 Å². The zero-order chi connectivity index (χ0) is 27.0. The van der Waals surface area contributed by atoms with Crippen LogP contribution in [0.3, 0.4) is 0 Å². The van der Waals surface area contributed by atoms with Gasteiger partial charge in [-0.25, -0.2) is 9.59 Å². The zero-order valence-electron chi connectivity index (χ0n) is 22.4. The number of hydrogen-bond donors (Lipinski definition) is 0. The summed E-state index contributed by atoms with van der Waals surface area (Å²) in [7, 11) is 0. The van der Waals surface area contributed by atoms with Crippen molar-refractivity contribution in [1.82, 2.24) is 4.68 Å². The molecule has 1 fully saturated rings. The fourth-order valence-electron chi connectivity index (χ4n) is 4.78. The summed E-state index contributed by atoms with van der Waals surface area (Å²) in [6.45, 7) is 10.8. The predicted molar refractivity (Wildman–Crippen MR) is 137 cm³/mol. The third-order valence-corrected chi connectivity index (χ3v) is 6.39. The van der Waals surface area contributed by atoms with Gasteiger partial charge in [-0.15, -0.1) is 0 Å². The highest BCUT2D eigenvalue weighted by Gasteiger charge is 2.61. The number of hydrogen-bond acceptors (Lipinski definition) is 7. The van der Waals surface area contributed by atoms with Crippen molar-refractivity contribution < 1.29 is 28.5 Å². The summed E-state index contributed by atoms with van der Waals surface area (Å²) in [4.78, 5) is 38.9. The Hall–Kier alpha value is -3.33. The lowest BCUT2D eigenvalue weighted by molar-refractivity contribution is -0.182. The molecule has 0 N–H and O–H groups in total. The molecule has 2 aromatic rings. The maximum Gasteiger partial charge on any atom is 0.509 e. The highest BCUT2D eigenvalue weighted by atomic mass is 16.7. The molecule has 1 amide bonds. The number of pyridine rings is 1. The second-order valence-electron chi connectivity index (χ2n) is 11.7. The molecule has 1 aliphatic carbocycles. The summed E-state index contributed by atoms with van der Waals surface area (Å²) in [5.74, 6) is 0. The lowest BCUT2D eigenvalue weighted by atomic mass is 9.61. The lowest BCUT2D eigenvalue weighted by Gasteiger charge is -2.57. The minimum absolute atomic E-state index is 0.223. The van der Waals surface area contributed by atoms with Crippen LogP contribution >= 0.6 is 0 Å². The van der Waals surface area contributed by atoms with Gasteiger partial charge in [0.05, 0.1) is 17.7 Å². The van der Waals surface area contributed by atoms with Gasteiger partial charge in [0, 0.05) is 18.3 Å². The SMILES string of the molecule is CC(C)(C)OC(=O)OC1c2cc(=O)ccn2N(C(=O)OC(C)(C)C)C(OCc2ccccc2)C12CCC2. The number of fused-ring (bicyclic) bond motifs is 1. The van der Waals surface area contributed by atoms with Crippen LogP contribution < -0.4 is 10.4 Å². The molecular formula is C28H36N2O7. The van der Waals surface area contributed by atoms with Crippen molar-refractivity contribution in [3.05, 3.63) is 70.1 Å². The van der Waals surface area contributed by atoms with Crippen LogP contribution in [0.25, 0.3) is 0 Å². The molecule has 0 radical (unpaired) electrons. The molecule has 9 nitrogen and oxygen atoms in total. The maximum absolute atomic E-state index is 13.6. The molecule has 1 aromatic heterocycles. The van der Waals surface area contributed by atoms with Gasteiger partial charge in [0.2, 0.25) is 0 Å². The second kappa shape index (κ2) is 9.85. The first kappa shape index (κ1) is 26.7. The van der Waals surface area contributed by atoms with E-state index in [4.69, 9.17) is 18.9 Å². The first-order valence-electron chi connectivity index (χ1n) is 12.6. The van der Waals surface area contributed by atoms with Gasteiger partial charge < -0.3 is 18.9 Å². The van der Waals surface area contributed by atoms with E-state index < -0.39 is 41.2 Å². The molecule has 37 heavy (non-hydrogen) atoms. The smallest absolute Gasteiger partial charge is 0.442 e. The van der Waals surface area contributed by atoms with Crippen LogP contribution in [0.4, 0.5) is 9.59 Å². The van der Waals surface area contributed by atoms with Crippen LogP contribution in [-0.2, 0) is 25.6 Å². The number of nitrogens with zero attached hydrogens (tertiary/aromatic N) is 2. The highest BCUT2D eigenvalue weighted by molar-refractivity contribution is 5.80. The van der Waals surface area contributed by atoms with Crippen molar-refractivity contribution in [2.75, 3.05) is 5.01 Å². The Morgan fingerprint density at radius 3 is 2.19 bits per heavy atom. The minimum Gasteiger partial charge on any atom is -0.442 e. The number of benzene rings is 1. The summed E-state index contributed by atoms with van der Waals surface area (Å²) >= 11 is 0. The normalized spacial score (nSPS) is 20.5. The van der Waals surface area contributed by atoms with Crippen molar-refractivity contribution in [3.63, 3.8) is 0 Å². The molecule has 0 saturated heterocycles. The molecule has 200 valence electrons. The summed E-state index contributed by atoms with van der Waals surface area (Å²) in [6, 6.07) is 12.4. The van der Waals surface area contributed by atoms with E-state index in [1.807, 2.05) is 30.3 Å². The van der Waals surface area contributed by atoms with E-state index in [-0.39, 0.29) is 12.0 Å². The molecule has 1 saturated carbocycles. The van der Waals surface area contributed by atoms with Gasteiger partial charge >= 0.3 is 12.2 Å². The standard InChI is InChI=1S/C28H36N2O7/c1-26(2,3)36-24(32)30-23(34-18-19-11-8-7-9-12-19)28(14-10-15-28)22(35-25(33)37-27(4,5)6)21-17-20(31)13-16-29(21)30/h7-9,11-13,16-17,22-23H,10,14-15,18H2,1-6H3. The third-order valence-electron chi connectivity index (χ3n) is 6.39. The van der Waals surface area contributed by atoms with Gasteiger partial charge in [0.25, 0.3) is 0 Å². The highest BCUT2D eigenvalue weighted by Crippen LogP contribution is 2.58. The van der Waals surface area contributed by atoms with E-state index in [1.54, 1.807) is 41.5 Å². The van der Waals surface area contributed by atoms with Crippen LogP contribution in [0.5, 0.6) is 0 Å². The Balaban J connectivity index is 1.81. The predicted octanol–water partition coefficient (Wildman–Crippen LogP) is 5.44. The quantitative estimate of drug-likeness (QED) is 0.503. The summed E-state index contributed by atoms with van der Waals surface area (Å²) in [5.41, 5.74) is -1.31. The minimum atomic E-state index is -0.871. The maximum atomic E-state index is 13.6. The molecule has 2 heterocycles. The summed E-state index contributed by atoms with van der Waals surface area (Å²) in [5, 5.41) is 1.40. The Morgan fingerprint density at radius 2 is 1.62 bits per heavy atom. The number of carbonyl (C=O) groups excluding carboxylic acids is 2. The third kappa shape index (κ3) is 5.82. The topological polar surface area (TPSA) is 96.3 Å². The van der Waals surface area contributed by atoms with Crippen LogP contribution in [0.15, 0.2) is 53.5 Å². The van der Waals surface area contributed by atoms with Crippen molar-refractivity contribution in [2.24, 2.45) is 5.41 Å². The Bertz CT molecular complexity index is 1190. The molecule has 2 aliphatic rings. The largest absolute Gasteiger partial charge is 0.509 e. The molecule has 1 aliphatic heterocycles. The second-order valence-corrected chi connectivity index (χ2v) is 11.7. The fourth-order valence-corrected chi connectivity index (χ4v) is 4.78. The average molecular weight is 513 g/mol. The number of aromatic nitrogens is 1. The van der Waals surface area contributed by atoms with Crippen molar-refractivity contribution in [3.8, 4) is 0 Å². The van der Waals surface area contributed by atoms with Gasteiger partial charge in [-0.05, 0) is 59.9 Å². The van der Waals surface area contributed by atoms with Gasteiger partial charge in [-0.2, -0.15) is 5.01 Å². The number of carbonyl (C=O) groups is 2. The molecule has 2 unspecified atom stereocenters. The Morgan fingerprint density at radius 1 is 0.973 bits per heavy atom. The van der Waals surface area contributed by atoms with E-state index in [2.05, 4.69) is 0 Å². The molecule has 0 bridgehead atoms. The first-order valence-corrected chi connectivity index (χ1v) is 12.6. The molecule has 4 rings (SSSR count). The lowest BCUT2D eigenvalue weighted by Crippen LogP contribution is -2.66. The van der Waals surface area contributed by atoms with Gasteiger partial charge in [0.1, 0.15) is 11.2 Å². The monoisotopic (exact) mass is 512 g/mol. The first-order chi connectivity index (χ1) is 17.3. The molecule has 2 atom stereocenters. The van der Waals surface area contributed by atoms with E-state index in [0.29, 0.717) is 18.5 Å². The number of amides is 1. The van der Waals surface area contributed by atoms with Crippen molar-refractivity contribution in [2.45, 2.75) is 90.9 Å². The number of ether oxygens (including phenoxy) is 4.